The van der Waals surface area contributed by atoms with Crippen LogP contribution in [0.3, 0.4) is 0 Å². The van der Waals surface area contributed by atoms with Gasteiger partial charge in [-0.25, -0.2) is 4.79 Å². The Bertz CT molecular complexity index is 947. The van der Waals surface area contributed by atoms with Crippen molar-refractivity contribution in [2.24, 2.45) is 0 Å². The van der Waals surface area contributed by atoms with E-state index in [0.29, 0.717) is 16.9 Å². The number of ether oxygens (including phenoxy) is 2. The van der Waals surface area contributed by atoms with Crippen LogP contribution in [-0.2, 0) is 0 Å². The Hall–Kier alpha value is -2.92. The zero-order valence-corrected chi connectivity index (χ0v) is 16.2. The number of hydrogen-bond donors (Lipinski definition) is 0. The predicted octanol–water partition coefficient (Wildman–Crippen LogP) is 5.16. The molecule has 0 aliphatic carbocycles. The smallest absolute Gasteiger partial charge is 0.343 e. The highest BCUT2D eigenvalue weighted by Crippen LogP contribution is 2.24. The standard InChI is InChI=1S/C22H17BrO4/c1-26-20-4-2-3-18(13-20)15-5-7-17(8-6-15)22(25)27-19-11-9-16(10-12-19)21(24)14-23/h2-13H,14H2,1H3. The molecule has 4 nitrogen and oxygen atoms in total. The fourth-order valence-corrected chi connectivity index (χ4v) is 2.88. The molecule has 0 saturated carbocycles. The van der Waals surface area contributed by atoms with Crippen molar-refractivity contribution in [3.8, 4) is 22.6 Å². The number of esters is 1. The second-order valence-electron chi connectivity index (χ2n) is 5.78. The SMILES string of the molecule is COc1cccc(-c2ccc(C(=O)Oc3ccc(C(=O)CBr)cc3)cc2)c1. The molecule has 0 aromatic heterocycles. The molecule has 0 aliphatic heterocycles. The van der Waals surface area contributed by atoms with Crippen LogP contribution in [0.1, 0.15) is 20.7 Å². The summed E-state index contributed by atoms with van der Waals surface area (Å²) in [5, 5.41) is 0.256. The Balaban J connectivity index is 1.71. The van der Waals surface area contributed by atoms with Crippen molar-refractivity contribution in [2.45, 2.75) is 0 Å². The van der Waals surface area contributed by atoms with Crippen molar-refractivity contribution < 1.29 is 19.1 Å². The summed E-state index contributed by atoms with van der Waals surface area (Å²) < 4.78 is 10.6. The van der Waals surface area contributed by atoms with Gasteiger partial charge in [-0.3, -0.25) is 4.79 Å². The molecule has 0 heterocycles. The number of alkyl halides is 1. The first-order chi connectivity index (χ1) is 13.1. The third-order valence-corrected chi connectivity index (χ3v) is 4.54. The predicted molar refractivity (Wildman–Crippen MR) is 108 cm³/mol. The molecule has 5 heteroatoms. The van der Waals surface area contributed by atoms with Gasteiger partial charge in [0.15, 0.2) is 5.78 Å². The molecule has 3 aromatic carbocycles. The van der Waals surface area contributed by atoms with E-state index in [0.717, 1.165) is 16.9 Å². The van der Waals surface area contributed by atoms with E-state index in [4.69, 9.17) is 9.47 Å². The number of methoxy groups -OCH3 is 1. The van der Waals surface area contributed by atoms with Crippen LogP contribution in [0.5, 0.6) is 11.5 Å². The highest BCUT2D eigenvalue weighted by molar-refractivity contribution is 9.09. The van der Waals surface area contributed by atoms with Gasteiger partial charge in [0.1, 0.15) is 11.5 Å². The first-order valence-corrected chi connectivity index (χ1v) is 9.39. The molecule has 3 aromatic rings. The van der Waals surface area contributed by atoms with Crippen LogP contribution >= 0.6 is 15.9 Å². The van der Waals surface area contributed by atoms with E-state index in [2.05, 4.69) is 15.9 Å². The summed E-state index contributed by atoms with van der Waals surface area (Å²) >= 11 is 3.13. The van der Waals surface area contributed by atoms with Crippen LogP contribution in [0.4, 0.5) is 0 Å². The Morgan fingerprint density at radius 2 is 1.48 bits per heavy atom. The third-order valence-electron chi connectivity index (χ3n) is 4.03. The molecular weight excluding hydrogens is 408 g/mol. The lowest BCUT2D eigenvalue weighted by Crippen LogP contribution is -2.08. The molecule has 0 radical (unpaired) electrons. The van der Waals surface area contributed by atoms with Crippen molar-refractivity contribution in [2.75, 3.05) is 12.4 Å². The van der Waals surface area contributed by atoms with Crippen LogP contribution in [-0.4, -0.2) is 24.2 Å². The minimum Gasteiger partial charge on any atom is -0.497 e. The summed E-state index contributed by atoms with van der Waals surface area (Å²) in [5.41, 5.74) is 2.99. The zero-order chi connectivity index (χ0) is 19.2. The monoisotopic (exact) mass is 424 g/mol. The maximum atomic E-state index is 12.3. The van der Waals surface area contributed by atoms with E-state index < -0.39 is 5.97 Å². The minimum atomic E-state index is -0.452. The molecule has 3 rings (SSSR count). The minimum absolute atomic E-state index is 0.0268. The molecule has 0 unspecified atom stereocenters. The number of carbonyl (C=O) groups is 2. The molecular formula is C22H17BrO4. The Kier molecular flexibility index (Phi) is 6.04. The maximum absolute atomic E-state index is 12.3. The van der Waals surface area contributed by atoms with Crippen LogP contribution in [0.2, 0.25) is 0 Å². The summed E-state index contributed by atoms with van der Waals surface area (Å²) in [6.45, 7) is 0. The molecule has 0 bridgehead atoms. The number of rotatable bonds is 6. The molecule has 27 heavy (non-hydrogen) atoms. The summed E-state index contributed by atoms with van der Waals surface area (Å²) in [4.78, 5) is 23.9. The van der Waals surface area contributed by atoms with Crippen LogP contribution in [0.25, 0.3) is 11.1 Å². The van der Waals surface area contributed by atoms with Crippen molar-refractivity contribution >= 4 is 27.7 Å². The summed E-state index contributed by atoms with van der Waals surface area (Å²) in [6, 6.07) is 21.4. The van der Waals surface area contributed by atoms with E-state index in [9.17, 15) is 9.59 Å². The third kappa shape index (κ3) is 4.63. The van der Waals surface area contributed by atoms with Crippen molar-refractivity contribution in [1.82, 2.24) is 0 Å². The molecule has 0 atom stereocenters. The second kappa shape index (κ2) is 8.64. The van der Waals surface area contributed by atoms with Gasteiger partial charge < -0.3 is 9.47 Å². The van der Waals surface area contributed by atoms with Crippen molar-refractivity contribution in [1.29, 1.82) is 0 Å². The molecule has 0 aliphatic rings. The number of carbonyl (C=O) groups excluding carboxylic acids is 2. The number of hydrogen-bond acceptors (Lipinski definition) is 4. The first kappa shape index (κ1) is 18.9. The van der Waals surface area contributed by atoms with Crippen LogP contribution in [0.15, 0.2) is 72.8 Å². The lowest BCUT2D eigenvalue weighted by atomic mass is 10.0. The van der Waals surface area contributed by atoms with E-state index >= 15 is 0 Å². The van der Waals surface area contributed by atoms with Gasteiger partial charge in [-0.1, -0.05) is 40.2 Å². The number of ketones is 1. The van der Waals surface area contributed by atoms with Gasteiger partial charge in [-0.15, -0.1) is 0 Å². The van der Waals surface area contributed by atoms with Gasteiger partial charge in [-0.2, -0.15) is 0 Å². The van der Waals surface area contributed by atoms with Crippen LogP contribution in [0, 0.1) is 0 Å². The second-order valence-corrected chi connectivity index (χ2v) is 6.34. The topological polar surface area (TPSA) is 52.6 Å². The Morgan fingerprint density at radius 1 is 0.815 bits per heavy atom. The highest BCUT2D eigenvalue weighted by Gasteiger charge is 2.10. The summed E-state index contributed by atoms with van der Waals surface area (Å²) in [7, 11) is 1.63. The fraction of sp³-hybridized carbons (Fsp3) is 0.0909. The van der Waals surface area contributed by atoms with Crippen LogP contribution < -0.4 is 9.47 Å². The average Bonchev–Trinajstić information content (AvgIpc) is 2.74. The largest absolute Gasteiger partial charge is 0.497 e. The molecule has 0 N–H and O–H groups in total. The molecule has 0 amide bonds. The normalized spacial score (nSPS) is 10.3. The van der Waals surface area contributed by atoms with E-state index in [1.54, 1.807) is 43.5 Å². The Morgan fingerprint density at radius 3 is 2.11 bits per heavy atom. The summed E-state index contributed by atoms with van der Waals surface area (Å²) in [5.74, 6) is 0.689. The van der Waals surface area contributed by atoms with Gasteiger partial charge in [0.25, 0.3) is 0 Å². The quantitative estimate of drug-likeness (QED) is 0.237. The lowest BCUT2D eigenvalue weighted by molar-refractivity contribution is 0.0734. The molecule has 136 valence electrons. The lowest BCUT2D eigenvalue weighted by Gasteiger charge is -2.07. The van der Waals surface area contributed by atoms with Gasteiger partial charge in [-0.05, 0) is 59.7 Å². The maximum Gasteiger partial charge on any atom is 0.343 e. The first-order valence-electron chi connectivity index (χ1n) is 8.26. The van der Waals surface area contributed by atoms with E-state index in [-0.39, 0.29) is 11.1 Å². The van der Waals surface area contributed by atoms with Crippen molar-refractivity contribution in [3.05, 3.63) is 83.9 Å². The highest BCUT2D eigenvalue weighted by atomic mass is 79.9. The van der Waals surface area contributed by atoms with E-state index in [1.165, 1.54) is 0 Å². The summed E-state index contributed by atoms with van der Waals surface area (Å²) in [6.07, 6.45) is 0. The Labute approximate surface area is 165 Å². The molecule has 0 spiro atoms. The number of halogens is 1. The number of benzene rings is 3. The molecule has 0 saturated heterocycles. The number of Topliss-reactive ketones (excluding diaryl/α,β-unsaturated/α-hetero) is 1. The van der Waals surface area contributed by atoms with Gasteiger partial charge in [0, 0.05) is 5.56 Å². The van der Waals surface area contributed by atoms with Gasteiger partial charge in [0.2, 0.25) is 0 Å². The average molecular weight is 425 g/mol. The van der Waals surface area contributed by atoms with Gasteiger partial charge >= 0.3 is 5.97 Å². The van der Waals surface area contributed by atoms with Gasteiger partial charge in [0.05, 0.1) is 18.0 Å². The molecule has 0 fully saturated rings. The van der Waals surface area contributed by atoms with Crippen molar-refractivity contribution in [3.63, 3.8) is 0 Å². The van der Waals surface area contributed by atoms with E-state index in [1.807, 2.05) is 36.4 Å². The fourth-order valence-electron chi connectivity index (χ4n) is 2.55. The zero-order valence-electron chi connectivity index (χ0n) is 14.6.